The maximum atomic E-state index is 12.7. The molecule has 9 heteroatoms. The second kappa shape index (κ2) is 9.21. The van der Waals surface area contributed by atoms with Crippen molar-refractivity contribution < 1.29 is 17.9 Å². The summed E-state index contributed by atoms with van der Waals surface area (Å²) < 4.78 is 32.7. The molecule has 7 nitrogen and oxygen atoms in total. The van der Waals surface area contributed by atoms with Crippen LogP contribution in [0.1, 0.15) is 10.4 Å². The van der Waals surface area contributed by atoms with Crippen molar-refractivity contribution in [2.24, 2.45) is 0 Å². The van der Waals surface area contributed by atoms with E-state index in [-0.39, 0.29) is 10.8 Å². The second-order valence-electron chi connectivity index (χ2n) is 6.72. The fraction of sp³-hybridized carbons (Fsp3) is 0.0435. The minimum Gasteiger partial charge on any atom is -0.497 e. The van der Waals surface area contributed by atoms with Crippen LogP contribution in [0.3, 0.4) is 0 Å². The van der Waals surface area contributed by atoms with E-state index >= 15 is 0 Å². The molecule has 0 aliphatic carbocycles. The molecule has 0 aliphatic heterocycles. The minimum absolute atomic E-state index is 0.142. The van der Waals surface area contributed by atoms with Gasteiger partial charge in [0.2, 0.25) is 0 Å². The van der Waals surface area contributed by atoms with Crippen molar-refractivity contribution >= 4 is 38.1 Å². The molecule has 4 aromatic rings. The van der Waals surface area contributed by atoms with Gasteiger partial charge in [-0.3, -0.25) is 14.8 Å². The Kier molecular flexibility index (Phi) is 6.20. The van der Waals surface area contributed by atoms with E-state index < -0.39 is 10.0 Å². The number of anilines is 2. The first-order valence-electron chi connectivity index (χ1n) is 9.54. The van der Waals surface area contributed by atoms with E-state index in [0.29, 0.717) is 16.4 Å². The molecule has 162 valence electrons. The van der Waals surface area contributed by atoms with Gasteiger partial charge in [0.15, 0.2) is 5.13 Å². The SMILES string of the molecule is COc1ccc(-c2csc(NC(=O)c3cccc(NS(=O)(=O)c4ccccc4)c3)n2)cc1. The maximum absolute atomic E-state index is 12.7. The lowest BCUT2D eigenvalue weighted by Gasteiger charge is -2.09. The molecule has 0 saturated heterocycles. The molecule has 3 aromatic carbocycles. The van der Waals surface area contributed by atoms with Gasteiger partial charge in [-0.1, -0.05) is 24.3 Å². The largest absolute Gasteiger partial charge is 0.497 e. The summed E-state index contributed by atoms with van der Waals surface area (Å²) in [5.74, 6) is 0.363. The van der Waals surface area contributed by atoms with Gasteiger partial charge in [-0.2, -0.15) is 0 Å². The van der Waals surface area contributed by atoms with Crippen molar-refractivity contribution in [1.29, 1.82) is 0 Å². The fourth-order valence-corrected chi connectivity index (χ4v) is 4.72. The van der Waals surface area contributed by atoms with Crippen molar-refractivity contribution in [1.82, 2.24) is 4.98 Å². The zero-order valence-electron chi connectivity index (χ0n) is 17.0. The summed E-state index contributed by atoms with van der Waals surface area (Å²) in [6.07, 6.45) is 0. The third-order valence-electron chi connectivity index (χ3n) is 4.54. The van der Waals surface area contributed by atoms with Crippen molar-refractivity contribution in [3.8, 4) is 17.0 Å². The monoisotopic (exact) mass is 465 g/mol. The Morgan fingerprint density at radius 3 is 2.44 bits per heavy atom. The second-order valence-corrected chi connectivity index (χ2v) is 9.26. The molecule has 1 amide bonds. The molecule has 0 spiro atoms. The van der Waals surface area contributed by atoms with Gasteiger partial charge < -0.3 is 4.74 Å². The molecular weight excluding hydrogens is 446 g/mol. The number of thiazole rings is 1. The van der Waals surface area contributed by atoms with Gasteiger partial charge in [0.1, 0.15) is 5.75 Å². The van der Waals surface area contributed by atoms with Crippen LogP contribution in [0.4, 0.5) is 10.8 Å². The number of methoxy groups -OCH3 is 1. The summed E-state index contributed by atoms with van der Waals surface area (Å²) in [7, 11) is -2.14. The molecule has 0 atom stereocenters. The highest BCUT2D eigenvalue weighted by Crippen LogP contribution is 2.27. The topological polar surface area (TPSA) is 97.4 Å². The summed E-state index contributed by atoms with van der Waals surface area (Å²) in [5, 5.41) is 5.05. The summed E-state index contributed by atoms with van der Waals surface area (Å²) in [5.41, 5.74) is 2.23. The fourth-order valence-electron chi connectivity index (χ4n) is 2.93. The van der Waals surface area contributed by atoms with Crippen LogP contribution in [0, 0.1) is 0 Å². The lowest BCUT2D eigenvalue weighted by Crippen LogP contribution is -2.15. The third-order valence-corrected chi connectivity index (χ3v) is 6.70. The zero-order chi connectivity index (χ0) is 22.6. The zero-order valence-corrected chi connectivity index (χ0v) is 18.6. The van der Waals surface area contributed by atoms with E-state index in [2.05, 4.69) is 15.0 Å². The number of nitrogens with zero attached hydrogens (tertiary/aromatic N) is 1. The summed E-state index contributed by atoms with van der Waals surface area (Å²) in [6, 6.07) is 21.8. The highest BCUT2D eigenvalue weighted by atomic mass is 32.2. The van der Waals surface area contributed by atoms with Crippen LogP contribution in [0.2, 0.25) is 0 Å². The number of ether oxygens (including phenoxy) is 1. The Morgan fingerprint density at radius 1 is 0.969 bits per heavy atom. The molecule has 32 heavy (non-hydrogen) atoms. The summed E-state index contributed by atoms with van der Waals surface area (Å²) >= 11 is 1.30. The Labute approximate surface area is 189 Å². The average molecular weight is 466 g/mol. The van der Waals surface area contributed by atoms with Crippen LogP contribution in [-0.4, -0.2) is 26.4 Å². The first-order chi connectivity index (χ1) is 15.4. The molecule has 1 heterocycles. The number of aromatic nitrogens is 1. The number of benzene rings is 3. The minimum atomic E-state index is -3.75. The predicted octanol–water partition coefficient (Wildman–Crippen LogP) is 4.87. The van der Waals surface area contributed by atoms with E-state index in [1.165, 1.54) is 29.5 Å². The maximum Gasteiger partial charge on any atom is 0.261 e. The van der Waals surface area contributed by atoms with Crippen LogP contribution >= 0.6 is 11.3 Å². The molecule has 0 aliphatic rings. The quantitative estimate of drug-likeness (QED) is 0.406. The Hall–Kier alpha value is -3.69. The first-order valence-corrected chi connectivity index (χ1v) is 11.9. The summed E-state index contributed by atoms with van der Waals surface area (Å²) in [4.78, 5) is 17.3. The van der Waals surface area contributed by atoms with Crippen LogP contribution < -0.4 is 14.8 Å². The molecule has 0 fully saturated rings. The van der Waals surface area contributed by atoms with Crippen molar-refractivity contribution in [3.05, 3.63) is 89.8 Å². The number of carbonyl (C=O) groups is 1. The molecule has 2 N–H and O–H groups in total. The number of carbonyl (C=O) groups excluding carboxylic acids is 1. The van der Waals surface area contributed by atoms with Crippen LogP contribution in [0.15, 0.2) is 89.1 Å². The lowest BCUT2D eigenvalue weighted by atomic mass is 10.2. The number of rotatable bonds is 7. The van der Waals surface area contributed by atoms with Crippen LogP contribution in [0.25, 0.3) is 11.3 Å². The highest BCUT2D eigenvalue weighted by Gasteiger charge is 2.15. The van der Waals surface area contributed by atoms with E-state index in [9.17, 15) is 13.2 Å². The van der Waals surface area contributed by atoms with Gasteiger partial charge in [-0.05, 0) is 54.6 Å². The molecule has 0 unspecified atom stereocenters. The van der Waals surface area contributed by atoms with Gasteiger partial charge >= 0.3 is 0 Å². The number of sulfonamides is 1. The molecule has 4 rings (SSSR count). The van der Waals surface area contributed by atoms with E-state index in [1.807, 2.05) is 29.6 Å². The van der Waals surface area contributed by atoms with Crippen molar-refractivity contribution in [2.75, 3.05) is 17.1 Å². The third kappa shape index (κ3) is 4.96. The Balaban J connectivity index is 1.47. The van der Waals surface area contributed by atoms with E-state index in [1.54, 1.807) is 43.5 Å². The molecule has 1 aromatic heterocycles. The van der Waals surface area contributed by atoms with E-state index in [0.717, 1.165) is 17.0 Å². The molecular formula is C23H19N3O4S2. The van der Waals surface area contributed by atoms with Gasteiger partial charge in [-0.25, -0.2) is 13.4 Å². The number of amides is 1. The lowest BCUT2D eigenvalue weighted by molar-refractivity contribution is 0.102. The normalized spacial score (nSPS) is 11.0. The number of nitrogens with one attached hydrogen (secondary N) is 2. The van der Waals surface area contributed by atoms with Gasteiger partial charge in [-0.15, -0.1) is 11.3 Å². The smallest absolute Gasteiger partial charge is 0.261 e. The van der Waals surface area contributed by atoms with Crippen LogP contribution in [-0.2, 0) is 10.0 Å². The number of hydrogen-bond donors (Lipinski definition) is 2. The predicted molar refractivity (Wildman–Crippen MR) is 126 cm³/mol. The van der Waals surface area contributed by atoms with Crippen molar-refractivity contribution in [3.63, 3.8) is 0 Å². The molecule has 0 bridgehead atoms. The van der Waals surface area contributed by atoms with Crippen molar-refractivity contribution in [2.45, 2.75) is 4.90 Å². The standard InChI is InChI=1S/C23H19N3O4S2/c1-30-19-12-10-16(11-13-19)21-15-31-23(24-21)25-22(27)17-6-5-7-18(14-17)26-32(28,29)20-8-3-2-4-9-20/h2-15,26H,1H3,(H,24,25,27). The van der Waals surface area contributed by atoms with Crippen LogP contribution in [0.5, 0.6) is 5.75 Å². The number of hydrogen-bond acceptors (Lipinski definition) is 6. The average Bonchev–Trinajstić information content (AvgIpc) is 3.28. The van der Waals surface area contributed by atoms with Gasteiger partial charge in [0.25, 0.3) is 15.9 Å². The first kappa shape index (κ1) is 21.5. The Morgan fingerprint density at radius 2 is 1.72 bits per heavy atom. The van der Waals surface area contributed by atoms with E-state index in [4.69, 9.17) is 4.74 Å². The highest BCUT2D eigenvalue weighted by molar-refractivity contribution is 7.92. The van der Waals surface area contributed by atoms with Gasteiger partial charge in [0, 0.05) is 22.2 Å². The molecule has 0 radical (unpaired) electrons. The Bertz CT molecular complexity index is 1340. The molecule has 0 saturated carbocycles. The van der Waals surface area contributed by atoms with Gasteiger partial charge in [0.05, 0.1) is 17.7 Å². The summed E-state index contributed by atoms with van der Waals surface area (Å²) in [6.45, 7) is 0.